The third kappa shape index (κ3) is 6.02. The van der Waals surface area contributed by atoms with Crippen molar-refractivity contribution in [2.75, 3.05) is 5.73 Å². The SMILES string of the molecule is CCCCc1ccc(N)c(CCCC)c1CCCC.I. The molecule has 2 N–H and O–H groups in total. The van der Waals surface area contributed by atoms with Gasteiger partial charge in [-0.25, -0.2) is 0 Å². The number of anilines is 1. The molecule has 0 bridgehead atoms. The summed E-state index contributed by atoms with van der Waals surface area (Å²) in [5.74, 6) is 0. The van der Waals surface area contributed by atoms with Crippen molar-refractivity contribution in [3.8, 4) is 0 Å². The van der Waals surface area contributed by atoms with Gasteiger partial charge in [-0.2, -0.15) is 0 Å². The van der Waals surface area contributed by atoms with Crippen molar-refractivity contribution < 1.29 is 0 Å². The Morgan fingerprint density at radius 2 is 1.25 bits per heavy atom. The van der Waals surface area contributed by atoms with Crippen molar-refractivity contribution in [2.24, 2.45) is 0 Å². The lowest BCUT2D eigenvalue weighted by molar-refractivity contribution is 0.736. The summed E-state index contributed by atoms with van der Waals surface area (Å²) in [6.07, 6.45) is 11.2. The first-order valence-corrected chi connectivity index (χ1v) is 8.13. The van der Waals surface area contributed by atoms with E-state index < -0.39 is 0 Å². The molecule has 0 saturated carbocycles. The van der Waals surface area contributed by atoms with Crippen LogP contribution in [0.3, 0.4) is 0 Å². The van der Waals surface area contributed by atoms with Crippen molar-refractivity contribution in [3.63, 3.8) is 0 Å². The van der Waals surface area contributed by atoms with Crippen LogP contribution >= 0.6 is 24.0 Å². The molecule has 0 atom stereocenters. The highest BCUT2D eigenvalue weighted by Crippen LogP contribution is 2.26. The molecule has 0 aliphatic heterocycles. The van der Waals surface area contributed by atoms with Crippen molar-refractivity contribution in [2.45, 2.75) is 78.6 Å². The highest BCUT2D eigenvalue weighted by molar-refractivity contribution is 14.0. The van der Waals surface area contributed by atoms with E-state index in [2.05, 4.69) is 32.9 Å². The monoisotopic (exact) mass is 389 g/mol. The first-order valence-electron chi connectivity index (χ1n) is 8.13. The molecule has 0 spiro atoms. The molecule has 0 amide bonds. The van der Waals surface area contributed by atoms with E-state index in [-0.39, 0.29) is 24.0 Å². The minimum atomic E-state index is 0. The maximum Gasteiger partial charge on any atom is 0.0349 e. The molecule has 1 aromatic carbocycles. The first-order chi connectivity index (χ1) is 9.24. The Morgan fingerprint density at radius 3 is 1.80 bits per heavy atom. The van der Waals surface area contributed by atoms with Gasteiger partial charge in [0.05, 0.1) is 0 Å². The molecule has 116 valence electrons. The summed E-state index contributed by atoms with van der Waals surface area (Å²) in [7, 11) is 0. The number of unbranched alkanes of at least 4 members (excludes halogenated alkanes) is 3. The Kier molecular flexibility index (Phi) is 11.3. The van der Waals surface area contributed by atoms with Gasteiger partial charge in [-0.3, -0.25) is 0 Å². The first kappa shape index (κ1) is 19.8. The van der Waals surface area contributed by atoms with Crippen LogP contribution in [0.5, 0.6) is 0 Å². The molecule has 1 rings (SSSR count). The largest absolute Gasteiger partial charge is 0.398 e. The minimum absolute atomic E-state index is 0. The number of rotatable bonds is 9. The van der Waals surface area contributed by atoms with Gasteiger partial charge >= 0.3 is 0 Å². The van der Waals surface area contributed by atoms with Crippen LogP contribution in [-0.2, 0) is 19.3 Å². The zero-order valence-corrected chi connectivity index (χ0v) is 15.8. The average Bonchev–Trinajstić information content (AvgIpc) is 2.42. The van der Waals surface area contributed by atoms with Gasteiger partial charge < -0.3 is 5.73 Å². The van der Waals surface area contributed by atoms with Crippen LogP contribution < -0.4 is 5.73 Å². The third-order valence-corrected chi connectivity index (χ3v) is 3.92. The summed E-state index contributed by atoms with van der Waals surface area (Å²) < 4.78 is 0. The highest BCUT2D eigenvalue weighted by Gasteiger charge is 2.11. The van der Waals surface area contributed by atoms with Gasteiger partial charge in [-0.15, -0.1) is 24.0 Å². The Hall–Kier alpha value is -0.250. The second kappa shape index (κ2) is 11.4. The van der Waals surface area contributed by atoms with E-state index in [1.54, 1.807) is 11.1 Å². The fourth-order valence-electron chi connectivity index (χ4n) is 2.67. The maximum absolute atomic E-state index is 6.23. The van der Waals surface area contributed by atoms with E-state index in [0.29, 0.717) is 0 Å². The molecule has 0 unspecified atom stereocenters. The number of nitrogens with two attached hydrogens (primary N) is 1. The molecular weight excluding hydrogens is 357 g/mol. The number of hydrogen-bond acceptors (Lipinski definition) is 1. The summed E-state index contributed by atoms with van der Waals surface area (Å²) in [5, 5.41) is 0. The lowest BCUT2D eigenvalue weighted by atomic mass is 9.90. The fourth-order valence-corrected chi connectivity index (χ4v) is 2.67. The molecule has 20 heavy (non-hydrogen) atoms. The topological polar surface area (TPSA) is 26.0 Å². The van der Waals surface area contributed by atoms with Crippen LogP contribution in [0.15, 0.2) is 12.1 Å². The van der Waals surface area contributed by atoms with E-state index in [9.17, 15) is 0 Å². The lowest BCUT2D eigenvalue weighted by Crippen LogP contribution is -2.05. The standard InChI is InChI=1S/C18H31N.HI/c1-4-7-10-15-13-14-18(19)17(12-9-6-3)16(15)11-8-5-2;/h13-14H,4-12,19H2,1-3H3;1H. The normalized spacial score (nSPS) is 10.3. The number of aryl methyl sites for hydroxylation is 1. The number of halogens is 1. The third-order valence-electron chi connectivity index (χ3n) is 3.92. The molecule has 0 radical (unpaired) electrons. The fraction of sp³-hybridized carbons (Fsp3) is 0.667. The predicted octanol–water partition coefficient (Wildman–Crippen LogP) is 5.91. The van der Waals surface area contributed by atoms with Crippen LogP contribution in [-0.4, -0.2) is 0 Å². The Balaban J connectivity index is 0.00000361. The Bertz CT molecular complexity index is 374. The molecule has 0 aliphatic rings. The van der Waals surface area contributed by atoms with Crippen LogP contribution in [0.25, 0.3) is 0 Å². The van der Waals surface area contributed by atoms with E-state index in [0.717, 1.165) is 12.1 Å². The van der Waals surface area contributed by atoms with Gasteiger partial charge in [0.15, 0.2) is 0 Å². The minimum Gasteiger partial charge on any atom is -0.398 e. The molecule has 0 saturated heterocycles. The molecule has 1 aromatic rings. The predicted molar refractivity (Wildman–Crippen MR) is 102 cm³/mol. The number of nitrogen functional groups attached to an aromatic ring is 1. The summed E-state index contributed by atoms with van der Waals surface area (Å²) in [6, 6.07) is 4.40. The summed E-state index contributed by atoms with van der Waals surface area (Å²) in [6.45, 7) is 6.79. The number of benzene rings is 1. The van der Waals surface area contributed by atoms with Gasteiger partial charge in [-0.05, 0) is 61.3 Å². The van der Waals surface area contributed by atoms with Crippen LogP contribution in [0, 0.1) is 0 Å². The van der Waals surface area contributed by atoms with Crippen LogP contribution in [0.1, 0.15) is 76.0 Å². The average molecular weight is 389 g/mol. The summed E-state index contributed by atoms with van der Waals surface area (Å²) in [4.78, 5) is 0. The smallest absolute Gasteiger partial charge is 0.0349 e. The van der Waals surface area contributed by atoms with E-state index in [1.807, 2.05) is 0 Å². The van der Waals surface area contributed by atoms with Crippen molar-refractivity contribution in [3.05, 3.63) is 28.8 Å². The van der Waals surface area contributed by atoms with Gasteiger partial charge in [0.25, 0.3) is 0 Å². The van der Waals surface area contributed by atoms with Gasteiger partial charge in [-0.1, -0.05) is 46.1 Å². The zero-order chi connectivity index (χ0) is 14.1. The quantitative estimate of drug-likeness (QED) is 0.412. The molecule has 0 aromatic heterocycles. The highest BCUT2D eigenvalue weighted by atomic mass is 127. The molecule has 0 heterocycles. The lowest BCUT2D eigenvalue weighted by Gasteiger charge is -2.17. The van der Waals surface area contributed by atoms with Crippen LogP contribution in [0.2, 0.25) is 0 Å². The maximum atomic E-state index is 6.23. The second-order valence-corrected chi connectivity index (χ2v) is 5.58. The molecule has 0 aliphatic carbocycles. The van der Waals surface area contributed by atoms with Crippen molar-refractivity contribution in [1.29, 1.82) is 0 Å². The molecule has 2 heteroatoms. The van der Waals surface area contributed by atoms with E-state index in [4.69, 9.17) is 5.73 Å². The van der Waals surface area contributed by atoms with E-state index >= 15 is 0 Å². The van der Waals surface area contributed by atoms with Crippen LogP contribution in [0.4, 0.5) is 5.69 Å². The molecule has 0 fully saturated rings. The van der Waals surface area contributed by atoms with Crippen molar-refractivity contribution >= 4 is 29.7 Å². The molecule has 1 nitrogen and oxygen atoms in total. The molecular formula is C18H32IN. The summed E-state index contributed by atoms with van der Waals surface area (Å²) in [5.41, 5.74) is 11.8. The Labute approximate surface area is 142 Å². The number of hydrogen-bond donors (Lipinski definition) is 1. The second-order valence-electron chi connectivity index (χ2n) is 5.58. The van der Waals surface area contributed by atoms with Gasteiger partial charge in [0, 0.05) is 5.69 Å². The van der Waals surface area contributed by atoms with E-state index in [1.165, 1.54) is 56.9 Å². The van der Waals surface area contributed by atoms with Gasteiger partial charge in [0.2, 0.25) is 0 Å². The Morgan fingerprint density at radius 1 is 0.750 bits per heavy atom. The van der Waals surface area contributed by atoms with Crippen molar-refractivity contribution in [1.82, 2.24) is 0 Å². The zero-order valence-electron chi connectivity index (χ0n) is 13.5. The summed E-state index contributed by atoms with van der Waals surface area (Å²) >= 11 is 0. The van der Waals surface area contributed by atoms with Gasteiger partial charge in [0.1, 0.15) is 0 Å².